The van der Waals surface area contributed by atoms with Gasteiger partial charge in [0.05, 0.1) is 17.9 Å². The van der Waals surface area contributed by atoms with Crippen LogP contribution in [0.25, 0.3) is 11.3 Å². The van der Waals surface area contributed by atoms with Gasteiger partial charge in [-0.2, -0.15) is 5.10 Å². The van der Waals surface area contributed by atoms with Gasteiger partial charge in [-0.25, -0.2) is 4.98 Å². The minimum absolute atomic E-state index is 0.177. The first-order valence-electron chi connectivity index (χ1n) is 6.13. The summed E-state index contributed by atoms with van der Waals surface area (Å²) in [6.07, 6.45) is 3.49. The number of aromatic amines is 1. The molecule has 0 saturated heterocycles. The Kier molecular flexibility index (Phi) is 3.28. The standard InChI is InChI=1S/C13H19N5O/c1-13(2,3)11(14)12-16-9(5-10(19)17-12)8-6-15-18(4)7-8/h5-7,11H,14H2,1-4H3,(H,16,17,19). The zero-order valence-corrected chi connectivity index (χ0v) is 11.6. The first kappa shape index (κ1) is 13.5. The average molecular weight is 261 g/mol. The van der Waals surface area contributed by atoms with Crippen LogP contribution in [0.5, 0.6) is 0 Å². The molecule has 0 bridgehead atoms. The third-order valence-electron chi connectivity index (χ3n) is 2.99. The van der Waals surface area contributed by atoms with Crippen LogP contribution in [-0.2, 0) is 7.05 Å². The molecule has 0 fully saturated rings. The summed E-state index contributed by atoms with van der Waals surface area (Å²) < 4.78 is 1.67. The lowest BCUT2D eigenvalue weighted by Crippen LogP contribution is -2.30. The van der Waals surface area contributed by atoms with Gasteiger partial charge in [0.25, 0.3) is 5.56 Å². The van der Waals surface area contributed by atoms with E-state index < -0.39 is 0 Å². The van der Waals surface area contributed by atoms with E-state index in [2.05, 4.69) is 15.1 Å². The Morgan fingerprint density at radius 2 is 2.11 bits per heavy atom. The highest BCUT2D eigenvalue weighted by Crippen LogP contribution is 2.28. The molecule has 19 heavy (non-hydrogen) atoms. The van der Waals surface area contributed by atoms with Gasteiger partial charge in [0.15, 0.2) is 0 Å². The number of aromatic nitrogens is 4. The van der Waals surface area contributed by atoms with E-state index in [9.17, 15) is 4.79 Å². The molecule has 3 N–H and O–H groups in total. The third-order valence-corrected chi connectivity index (χ3v) is 2.99. The summed E-state index contributed by atoms with van der Waals surface area (Å²) in [5.41, 5.74) is 7.15. The first-order valence-corrected chi connectivity index (χ1v) is 6.13. The molecule has 0 spiro atoms. The van der Waals surface area contributed by atoms with Crippen LogP contribution in [0, 0.1) is 5.41 Å². The van der Waals surface area contributed by atoms with Crippen LogP contribution >= 0.6 is 0 Å². The lowest BCUT2D eigenvalue weighted by molar-refractivity contribution is 0.315. The fourth-order valence-corrected chi connectivity index (χ4v) is 1.74. The maximum absolute atomic E-state index is 11.7. The molecule has 2 rings (SSSR count). The minimum Gasteiger partial charge on any atom is -0.321 e. The van der Waals surface area contributed by atoms with Gasteiger partial charge in [-0.05, 0) is 5.41 Å². The van der Waals surface area contributed by atoms with Gasteiger partial charge in [-0.15, -0.1) is 0 Å². The zero-order valence-electron chi connectivity index (χ0n) is 11.6. The van der Waals surface area contributed by atoms with Crippen molar-refractivity contribution in [2.75, 3.05) is 0 Å². The van der Waals surface area contributed by atoms with Crippen molar-refractivity contribution in [1.29, 1.82) is 0 Å². The van der Waals surface area contributed by atoms with Gasteiger partial charge in [0.2, 0.25) is 0 Å². The molecule has 1 atom stereocenters. The van der Waals surface area contributed by atoms with Crippen molar-refractivity contribution >= 4 is 0 Å². The Hall–Kier alpha value is -1.95. The molecule has 0 aliphatic carbocycles. The maximum atomic E-state index is 11.7. The molecule has 6 nitrogen and oxygen atoms in total. The van der Waals surface area contributed by atoms with Crippen LogP contribution in [0.2, 0.25) is 0 Å². The molecule has 2 aromatic rings. The van der Waals surface area contributed by atoms with Crippen LogP contribution in [0.15, 0.2) is 23.3 Å². The van der Waals surface area contributed by atoms with E-state index in [0.717, 1.165) is 5.56 Å². The summed E-state index contributed by atoms with van der Waals surface area (Å²) in [4.78, 5) is 18.9. The zero-order chi connectivity index (χ0) is 14.2. The lowest BCUT2D eigenvalue weighted by atomic mass is 9.87. The molecule has 0 aromatic carbocycles. The molecule has 6 heteroatoms. The highest BCUT2D eigenvalue weighted by molar-refractivity contribution is 5.56. The number of hydrogen-bond donors (Lipinski definition) is 2. The molecule has 0 aliphatic heterocycles. The number of H-pyrrole nitrogens is 1. The van der Waals surface area contributed by atoms with Crippen molar-refractivity contribution in [2.24, 2.45) is 18.2 Å². The first-order chi connectivity index (χ1) is 8.77. The van der Waals surface area contributed by atoms with Crippen LogP contribution in [0.4, 0.5) is 0 Å². The van der Waals surface area contributed by atoms with Crippen LogP contribution in [-0.4, -0.2) is 19.7 Å². The predicted molar refractivity (Wildman–Crippen MR) is 73.4 cm³/mol. The molecule has 0 aliphatic rings. The van der Waals surface area contributed by atoms with Crippen LogP contribution in [0.3, 0.4) is 0 Å². The number of nitrogens with one attached hydrogen (secondary N) is 1. The smallest absolute Gasteiger partial charge is 0.251 e. The van der Waals surface area contributed by atoms with Crippen LogP contribution in [0.1, 0.15) is 32.6 Å². The molecular formula is C13H19N5O. The van der Waals surface area contributed by atoms with Crippen molar-refractivity contribution in [3.05, 3.63) is 34.6 Å². The molecule has 2 heterocycles. The molecular weight excluding hydrogens is 242 g/mol. The Morgan fingerprint density at radius 3 is 2.63 bits per heavy atom. The van der Waals surface area contributed by atoms with E-state index in [0.29, 0.717) is 11.5 Å². The maximum Gasteiger partial charge on any atom is 0.251 e. The number of hydrogen-bond acceptors (Lipinski definition) is 4. The van der Waals surface area contributed by atoms with Gasteiger partial charge < -0.3 is 10.7 Å². The number of aryl methyl sites for hydroxylation is 1. The molecule has 0 radical (unpaired) electrons. The summed E-state index contributed by atoms with van der Waals surface area (Å²) in [6, 6.07) is 1.12. The molecule has 2 aromatic heterocycles. The SMILES string of the molecule is Cn1cc(-c2cc(=O)[nH]c(C(N)C(C)(C)C)n2)cn1. The predicted octanol–water partition coefficient (Wildman–Crippen LogP) is 1.22. The summed E-state index contributed by atoms with van der Waals surface area (Å²) in [6.45, 7) is 6.03. The van der Waals surface area contributed by atoms with E-state index in [4.69, 9.17) is 5.73 Å². The second kappa shape index (κ2) is 4.62. The largest absolute Gasteiger partial charge is 0.321 e. The Bertz CT molecular complexity index is 635. The number of nitrogens with zero attached hydrogens (tertiary/aromatic N) is 3. The molecule has 1 unspecified atom stereocenters. The normalized spacial score (nSPS) is 13.5. The minimum atomic E-state index is -0.336. The average Bonchev–Trinajstić information content (AvgIpc) is 2.73. The fraction of sp³-hybridized carbons (Fsp3) is 0.462. The summed E-state index contributed by atoms with van der Waals surface area (Å²) in [7, 11) is 1.82. The summed E-state index contributed by atoms with van der Waals surface area (Å²) >= 11 is 0. The van der Waals surface area contributed by atoms with Crippen molar-refractivity contribution in [2.45, 2.75) is 26.8 Å². The number of nitrogens with two attached hydrogens (primary N) is 1. The Labute approximate surface area is 111 Å². The Balaban J connectivity index is 2.49. The topological polar surface area (TPSA) is 89.6 Å². The van der Waals surface area contributed by atoms with Crippen molar-refractivity contribution in [3.63, 3.8) is 0 Å². The van der Waals surface area contributed by atoms with Gasteiger partial charge in [0.1, 0.15) is 5.82 Å². The van der Waals surface area contributed by atoms with E-state index in [1.165, 1.54) is 6.07 Å². The van der Waals surface area contributed by atoms with E-state index in [1.54, 1.807) is 10.9 Å². The van der Waals surface area contributed by atoms with Gasteiger partial charge >= 0.3 is 0 Å². The quantitative estimate of drug-likeness (QED) is 0.850. The summed E-state index contributed by atoms with van der Waals surface area (Å²) in [5, 5.41) is 4.08. The van der Waals surface area contributed by atoms with E-state index in [1.807, 2.05) is 34.0 Å². The van der Waals surface area contributed by atoms with Crippen molar-refractivity contribution in [1.82, 2.24) is 19.7 Å². The Morgan fingerprint density at radius 1 is 1.42 bits per heavy atom. The summed E-state index contributed by atoms with van der Waals surface area (Å²) in [5.74, 6) is 0.499. The molecule has 102 valence electrons. The van der Waals surface area contributed by atoms with Gasteiger partial charge in [-0.3, -0.25) is 9.48 Å². The van der Waals surface area contributed by atoms with Crippen LogP contribution < -0.4 is 11.3 Å². The van der Waals surface area contributed by atoms with E-state index >= 15 is 0 Å². The van der Waals surface area contributed by atoms with Gasteiger partial charge in [-0.1, -0.05) is 20.8 Å². The molecule has 0 saturated carbocycles. The highest BCUT2D eigenvalue weighted by Gasteiger charge is 2.25. The monoisotopic (exact) mass is 261 g/mol. The van der Waals surface area contributed by atoms with Gasteiger partial charge in [0, 0.05) is 24.9 Å². The lowest BCUT2D eigenvalue weighted by Gasteiger charge is -2.26. The fourth-order valence-electron chi connectivity index (χ4n) is 1.74. The number of rotatable bonds is 2. The van der Waals surface area contributed by atoms with E-state index in [-0.39, 0.29) is 17.0 Å². The second-order valence-electron chi connectivity index (χ2n) is 5.76. The van der Waals surface area contributed by atoms with Crippen molar-refractivity contribution < 1.29 is 0 Å². The molecule has 0 amide bonds. The highest BCUT2D eigenvalue weighted by atomic mass is 16.1. The van der Waals surface area contributed by atoms with Crippen molar-refractivity contribution in [3.8, 4) is 11.3 Å². The second-order valence-corrected chi connectivity index (χ2v) is 5.76. The third kappa shape index (κ3) is 2.90.